The van der Waals surface area contributed by atoms with Crippen LogP contribution >= 0.6 is 0 Å². The van der Waals surface area contributed by atoms with E-state index in [1.807, 2.05) is 53.8 Å². The summed E-state index contributed by atoms with van der Waals surface area (Å²) in [6, 6.07) is 13.7. The van der Waals surface area contributed by atoms with Gasteiger partial charge in [0.15, 0.2) is 0 Å². The molecule has 24 heavy (non-hydrogen) atoms. The second-order valence-corrected chi connectivity index (χ2v) is 5.55. The third-order valence-corrected chi connectivity index (χ3v) is 3.88. The van der Waals surface area contributed by atoms with Gasteiger partial charge in [-0.15, -0.1) is 0 Å². The standard InChI is InChI=1S/C9H11N3.C9H7N3/c2*1-12-6-11-8-4-7(5-10)2-3-9(8)12/h2-4,6H,5,10H2,1H3;2-4,6H,1H3. The number of benzene rings is 2. The maximum atomic E-state index is 8.62. The Bertz CT molecular complexity index is 1030. The number of nitrogens with two attached hydrogens (primary N) is 1. The zero-order chi connectivity index (χ0) is 17.1. The molecule has 0 amide bonds. The minimum atomic E-state index is 0.576. The molecule has 0 fully saturated rings. The smallest absolute Gasteiger partial charge is 0.0992 e. The fourth-order valence-corrected chi connectivity index (χ4v) is 2.51. The van der Waals surface area contributed by atoms with Crippen LogP contribution in [0.2, 0.25) is 0 Å². The van der Waals surface area contributed by atoms with Crippen molar-refractivity contribution in [3.63, 3.8) is 0 Å². The second kappa shape index (κ2) is 6.52. The Hall–Kier alpha value is -3.17. The number of hydrogen-bond donors (Lipinski definition) is 1. The van der Waals surface area contributed by atoms with Crippen molar-refractivity contribution in [1.29, 1.82) is 5.26 Å². The molecule has 6 heteroatoms. The summed E-state index contributed by atoms with van der Waals surface area (Å²) in [5.74, 6) is 0. The van der Waals surface area contributed by atoms with Crippen LogP contribution in [0, 0.1) is 11.3 Å². The predicted octanol–water partition coefficient (Wildman–Crippen LogP) is 2.48. The number of imidazole rings is 2. The highest BCUT2D eigenvalue weighted by Gasteiger charge is 2.00. The topological polar surface area (TPSA) is 85.5 Å². The molecule has 2 N–H and O–H groups in total. The van der Waals surface area contributed by atoms with Gasteiger partial charge in [0.25, 0.3) is 0 Å². The van der Waals surface area contributed by atoms with Crippen LogP contribution < -0.4 is 5.73 Å². The van der Waals surface area contributed by atoms with E-state index >= 15 is 0 Å². The highest BCUT2D eigenvalue weighted by Crippen LogP contribution is 2.13. The molecule has 0 spiro atoms. The molecule has 0 atom stereocenters. The Morgan fingerprint density at radius 1 is 0.958 bits per heavy atom. The van der Waals surface area contributed by atoms with E-state index in [1.54, 1.807) is 18.5 Å². The third-order valence-electron chi connectivity index (χ3n) is 3.88. The summed E-state index contributed by atoms with van der Waals surface area (Å²) in [6.07, 6.45) is 3.55. The van der Waals surface area contributed by atoms with Crippen molar-refractivity contribution >= 4 is 22.1 Å². The first kappa shape index (κ1) is 15.7. The molecule has 0 aliphatic heterocycles. The van der Waals surface area contributed by atoms with Gasteiger partial charge < -0.3 is 14.9 Å². The Morgan fingerprint density at radius 2 is 1.54 bits per heavy atom. The highest BCUT2D eigenvalue weighted by atomic mass is 15.0. The molecule has 0 aliphatic carbocycles. The molecular formula is C18H18N6. The van der Waals surface area contributed by atoms with Crippen LogP contribution in [-0.2, 0) is 20.6 Å². The van der Waals surface area contributed by atoms with Crippen LogP contribution in [0.1, 0.15) is 11.1 Å². The molecule has 4 rings (SSSR count). The Kier molecular flexibility index (Phi) is 4.27. The molecule has 0 radical (unpaired) electrons. The molecular weight excluding hydrogens is 300 g/mol. The van der Waals surface area contributed by atoms with E-state index in [2.05, 4.69) is 16.0 Å². The number of aryl methyl sites for hydroxylation is 2. The SMILES string of the molecule is Cn1cnc2cc(C#N)ccc21.Cn1cnc2cc(CN)ccc21. The lowest BCUT2D eigenvalue weighted by Crippen LogP contribution is -1.95. The fraction of sp³-hybridized carbons (Fsp3) is 0.167. The van der Waals surface area contributed by atoms with Gasteiger partial charge in [0.2, 0.25) is 0 Å². The minimum absolute atomic E-state index is 0.576. The van der Waals surface area contributed by atoms with E-state index in [0.29, 0.717) is 12.1 Å². The van der Waals surface area contributed by atoms with Crippen molar-refractivity contribution in [2.75, 3.05) is 0 Å². The van der Waals surface area contributed by atoms with Gasteiger partial charge in [-0.25, -0.2) is 9.97 Å². The van der Waals surface area contributed by atoms with Crippen molar-refractivity contribution in [1.82, 2.24) is 19.1 Å². The molecule has 4 aromatic rings. The summed E-state index contributed by atoms with van der Waals surface area (Å²) in [7, 11) is 3.92. The normalized spacial score (nSPS) is 10.4. The Labute approximate surface area is 139 Å². The molecule has 0 saturated carbocycles. The molecule has 2 aromatic carbocycles. The summed E-state index contributed by atoms with van der Waals surface area (Å²) in [4.78, 5) is 8.37. The number of nitrogens with zero attached hydrogens (tertiary/aromatic N) is 5. The maximum absolute atomic E-state index is 8.62. The molecule has 120 valence electrons. The molecule has 0 aliphatic rings. The van der Waals surface area contributed by atoms with Gasteiger partial charge >= 0.3 is 0 Å². The lowest BCUT2D eigenvalue weighted by Gasteiger charge is -1.96. The first-order chi connectivity index (χ1) is 11.6. The predicted molar refractivity (Wildman–Crippen MR) is 94.0 cm³/mol. The Morgan fingerprint density at radius 3 is 2.12 bits per heavy atom. The van der Waals surface area contributed by atoms with Gasteiger partial charge in [-0.1, -0.05) is 6.07 Å². The van der Waals surface area contributed by atoms with Gasteiger partial charge in [0.1, 0.15) is 0 Å². The van der Waals surface area contributed by atoms with Crippen molar-refractivity contribution in [2.45, 2.75) is 6.54 Å². The second-order valence-electron chi connectivity index (χ2n) is 5.55. The van der Waals surface area contributed by atoms with Crippen molar-refractivity contribution < 1.29 is 0 Å². The average molecular weight is 318 g/mol. The third kappa shape index (κ3) is 2.98. The fourth-order valence-electron chi connectivity index (χ4n) is 2.51. The van der Waals surface area contributed by atoms with Crippen LogP contribution in [-0.4, -0.2) is 19.1 Å². The Balaban J connectivity index is 0.000000141. The lowest BCUT2D eigenvalue weighted by molar-refractivity contribution is 0.947. The van der Waals surface area contributed by atoms with Crippen molar-refractivity contribution in [3.05, 3.63) is 60.2 Å². The van der Waals surface area contributed by atoms with E-state index < -0.39 is 0 Å². The largest absolute Gasteiger partial charge is 0.334 e. The number of nitriles is 1. The van der Waals surface area contributed by atoms with Crippen LogP contribution in [0.3, 0.4) is 0 Å². The number of aromatic nitrogens is 4. The highest BCUT2D eigenvalue weighted by molar-refractivity contribution is 5.77. The quantitative estimate of drug-likeness (QED) is 0.584. The van der Waals surface area contributed by atoms with Gasteiger partial charge in [-0.05, 0) is 35.9 Å². The van der Waals surface area contributed by atoms with E-state index in [9.17, 15) is 0 Å². The summed E-state index contributed by atoms with van der Waals surface area (Å²) in [6.45, 7) is 0.576. The molecule has 2 aromatic heterocycles. The van der Waals surface area contributed by atoms with Crippen LogP contribution in [0.4, 0.5) is 0 Å². The van der Waals surface area contributed by atoms with Gasteiger partial charge in [-0.3, -0.25) is 0 Å². The van der Waals surface area contributed by atoms with Gasteiger partial charge in [-0.2, -0.15) is 5.26 Å². The van der Waals surface area contributed by atoms with E-state index in [1.165, 1.54) is 0 Å². The number of hydrogen-bond acceptors (Lipinski definition) is 4. The van der Waals surface area contributed by atoms with Crippen LogP contribution in [0.15, 0.2) is 49.1 Å². The zero-order valence-electron chi connectivity index (χ0n) is 13.6. The van der Waals surface area contributed by atoms with E-state index in [-0.39, 0.29) is 0 Å². The summed E-state index contributed by atoms with van der Waals surface area (Å²) in [5.41, 5.74) is 11.4. The zero-order valence-corrected chi connectivity index (χ0v) is 13.6. The summed E-state index contributed by atoms with van der Waals surface area (Å²) < 4.78 is 3.92. The van der Waals surface area contributed by atoms with Gasteiger partial charge in [0, 0.05) is 20.6 Å². The van der Waals surface area contributed by atoms with Crippen LogP contribution in [0.5, 0.6) is 0 Å². The molecule has 2 heterocycles. The molecule has 0 saturated heterocycles. The van der Waals surface area contributed by atoms with E-state index in [0.717, 1.165) is 27.6 Å². The lowest BCUT2D eigenvalue weighted by atomic mass is 10.2. The van der Waals surface area contributed by atoms with Gasteiger partial charge in [0.05, 0.1) is 46.4 Å². The molecule has 0 bridgehead atoms. The minimum Gasteiger partial charge on any atom is -0.334 e. The van der Waals surface area contributed by atoms with Crippen molar-refractivity contribution in [3.8, 4) is 6.07 Å². The van der Waals surface area contributed by atoms with Crippen molar-refractivity contribution in [2.24, 2.45) is 19.8 Å². The molecule has 0 unspecified atom stereocenters. The first-order valence-corrected chi connectivity index (χ1v) is 7.53. The summed E-state index contributed by atoms with van der Waals surface area (Å²) >= 11 is 0. The van der Waals surface area contributed by atoms with E-state index in [4.69, 9.17) is 11.0 Å². The molecule has 6 nitrogen and oxygen atoms in total. The first-order valence-electron chi connectivity index (χ1n) is 7.53. The maximum Gasteiger partial charge on any atom is 0.0992 e. The monoisotopic (exact) mass is 318 g/mol. The summed E-state index contributed by atoms with van der Waals surface area (Å²) in [5, 5.41) is 8.62. The average Bonchev–Trinajstić information content (AvgIpc) is 3.18. The number of rotatable bonds is 1. The van der Waals surface area contributed by atoms with Crippen LogP contribution in [0.25, 0.3) is 22.1 Å². The number of fused-ring (bicyclic) bond motifs is 2.